The second kappa shape index (κ2) is 7.31. The van der Waals surface area contributed by atoms with Gasteiger partial charge in [0.1, 0.15) is 11.4 Å². The fourth-order valence-corrected chi connectivity index (χ4v) is 3.97. The van der Waals surface area contributed by atoms with Crippen LogP contribution in [0.1, 0.15) is 28.7 Å². The molecule has 0 radical (unpaired) electrons. The van der Waals surface area contributed by atoms with Crippen molar-refractivity contribution in [1.29, 1.82) is 0 Å². The van der Waals surface area contributed by atoms with Crippen LogP contribution in [0.25, 0.3) is 0 Å². The molecule has 0 aromatic carbocycles. The zero-order chi connectivity index (χ0) is 21.5. The molecule has 0 fully saturated rings. The van der Waals surface area contributed by atoms with E-state index >= 15 is 0 Å². The molecule has 0 aliphatic rings. The number of halogens is 6. The minimum atomic E-state index is -4.91. The van der Waals surface area contributed by atoms with Crippen LogP contribution in [0.3, 0.4) is 0 Å². The number of carbonyl (C=O) groups is 1. The van der Waals surface area contributed by atoms with Gasteiger partial charge in [-0.15, -0.1) is 11.3 Å². The number of amides is 1. The topological polar surface area (TPSA) is 81.4 Å². The maximum absolute atomic E-state index is 12.9. The number of hydrogen-bond donors (Lipinski definition) is 0. The largest absolute Gasteiger partial charge is 0.432 e. The third-order valence-corrected chi connectivity index (χ3v) is 6.17. The molecule has 0 N–H and O–H groups in total. The quantitative estimate of drug-likeness (QED) is 0.678. The fourth-order valence-electron chi connectivity index (χ4n) is 2.02. The van der Waals surface area contributed by atoms with Gasteiger partial charge in [-0.1, -0.05) is 6.92 Å². The Hall–Kier alpha value is -2.22. The molecule has 0 unspecified atom stereocenters. The summed E-state index contributed by atoms with van der Waals surface area (Å²) in [5, 5.41) is 0.690. The van der Waals surface area contributed by atoms with Crippen molar-refractivity contribution in [2.45, 2.75) is 24.2 Å². The predicted octanol–water partition coefficient (Wildman–Crippen LogP) is 3.05. The van der Waals surface area contributed by atoms with Crippen LogP contribution >= 0.6 is 11.3 Å². The molecule has 2 aromatic rings. The number of pyridine rings is 1. The zero-order valence-electron chi connectivity index (χ0n) is 14.1. The van der Waals surface area contributed by atoms with E-state index in [2.05, 4.69) is 9.98 Å². The van der Waals surface area contributed by atoms with Crippen molar-refractivity contribution in [2.75, 3.05) is 5.75 Å². The van der Waals surface area contributed by atoms with E-state index in [4.69, 9.17) is 0 Å². The van der Waals surface area contributed by atoms with Gasteiger partial charge in [0.25, 0.3) is 5.91 Å². The van der Waals surface area contributed by atoms with E-state index in [-0.39, 0.29) is 12.3 Å². The molecule has 0 saturated carbocycles. The minimum absolute atomic E-state index is 0.254. The number of aromatic nitrogens is 2. The highest BCUT2D eigenvalue weighted by Gasteiger charge is 2.35. The van der Waals surface area contributed by atoms with Gasteiger partial charge >= 0.3 is 12.4 Å². The summed E-state index contributed by atoms with van der Waals surface area (Å²) in [6.07, 6.45) is -9.37. The smallest absolute Gasteiger partial charge is 0.316 e. The Labute approximate surface area is 158 Å². The summed E-state index contributed by atoms with van der Waals surface area (Å²) in [6.45, 7) is 1.15. The minimum Gasteiger partial charge on any atom is -0.316 e. The fraction of sp³-hybridized carbons (Fsp3) is 0.357. The SMILES string of the molecule is CCS(=O)(=O)c1cc(C(F)(F)F)cnc1C(=O)/N=c1\scc(C(F)(F)F)n1C. The summed E-state index contributed by atoms with van der Waals surface area (Å²) in [6, 6.07) is 0.254. The first-order valence-electron chi connectivity index (χ1n) is 7.29. The molecule has 2 heterocycles. The van der Waals surface area contributed by atoms with Gasteiger partial charge in [-0.05, 0) is 6.07 Å². The first-order chi connectivity index (χ1) is 12.7. The van der Waals surface area contributed by atoms with E-state index in [1.54, 1.807) is 0 Å². The van der Waals surface area contributed by atoms with E-state index in [0.717, 1.165) is 14.0 Å². The lowest BCUT2D eigenvalue weighted by molar-refractivity contribution is -0.143. The Morgan fingerprint density at radius 2 is 1.82 bits per heavy atom. The second-order valence-corrected chi connectivity index (χ2v) is 8.43. The third kappa shape index (κ3) is 4.43. The highest BCUT2D eigenvalue weighted by molar-refractivity contribution is 7.91. The number of hydrogen-bond acceptors (Lipinski definition) is 5. The Morgan fingerprint density at radius 3 is 2.29 bits per heavy atom. The number of thiazole rings is 1. The molecule has 0 bridgehead atoms. The van der Waals surface area contributed by atoms with E-state index < -0.39 is 60.5 Å². The zero-order valence-corrected chi connectivity index (χ0v) is 15.7. The molecule has 0 atom stereocenters. The second-order valence-electron chi connectivity index (χ2n) is 5.35. The molecule has 2 aromatic heterocycles. The van der Waals surface area contributed by atoms with Crippen LogP contribution in [0.2, 0.25) is 0 Å². The van der Waals surface area contributed by atoms with Crippen molar-refractivity contribution in [2.24, 2.45) is 12.0 Å². The van der Waals surface area contributed by atoms with Gasteiger partial charge in [-0.25, -0.2) is 13.4 Å². The lowest BCUT2D eigenvalue weighted by Crippen LogP contribution is -2.21. The lowest BCUT2D eigenvalue weighted by atomic mass is 10.2. The van der Waals surface area contributed by atoms with Crippen LogP contribution in [-0.2, 0) is 29.2 Å². The van der Waals surface area contributed by atoms with Crippen molar-refractivity contribution in [3.8, 4) is 0 Å². The van der Waals surface area contributed by atoms with Gasteiger partial charge in [-0.2, -0.15) is 31.3 Å². The lowest BCUT2D eigenvalue weighted by Gasteiger charge is -2.11. The van der Waals surface area contributed by atoms with E-state index in [0.29, 0.717) is 21.3 Å². The molecule has 0 spiro atoms. The van der Waals surface area contributed by atoms with Crippen LogP contribution in [-0.4, -0.2) is 29.6 Å². The van der Waals surface area contributed by atoms with Crippen LogP contribution in [0.15, 0.2) is 27.5 Å². The predicted molar refractivity (Wildman–Crippen MR) is 85.2 cm³/mol. The summed E-state index contributed by atoms with van der Waals surface area (Å²) in [5.74, 6) is -2.01. The van der Waals surface area contributed by atoms with Gasteiger partial charge in [0.2, 0.25) is 0 Å². The van der Waals surface area contributed by atoms with Crippen molar-refractivity contribution >= 4 is 27.1 Å². The van der Waals surface area contributed by atoms with Gasteiger partial charge in [0.05, 0.1) is 16.2 Å². The Balaban J connectivity index is 2.65. The Kier molecular flexibility index (Phi) is 5.76. The molecule has 154 valence electrons. The molecule has 0 aliphatic carbocycles. The molecule has 6 nitrogen and oxygen atoms in total. The summed E-state index contributed by atoms with van der Waals surface area (Å²) < 4.78 is 102. The van der Waals surface area contributed by atoms with Crippen molar-refractivity contribution in [1.82, 2.24) is 9.55 Å². The van der Waals surface area contributed by atoms with Crippen LogP contribution in [0.5, 0.6) is 0 Å². The van der Waals surface area contributed by atoms with E-state index in [1.165, 1.54) is 0 Å². The van der Waals surface area contributed by atoms with Crippen molar-refractivity contribution in [3.63, 3.8) is 0 Å². The number of nitrogens with zero attached hydrogens (tertiary/aromatic N) is 3. The molecular weight excluding hydrogens is 436 g/mol. The van der Waals surface area contributed by atoms with Crippen molar-refractivity contribution < 1.29 is 39.6 Å². The maximum Gasteiger partial charge on any atom is 0.432 e. The molecule has 14 heteroatoms. The first kappa shape index (κ1) is 22.1. The highest BCUT2D eigenvalue weighted by Crippen LogP contribution is 2.31. The van der Waals surface area contributed by atoms with Crippen LogP contribution < -0.4 is 4.80 Å². The summed E-state index contributed by atoms with van der Waals surface area (Å²) in [7, 11) is -3.32. The Bertz CT molecular complexity index is 1080. The number of sulfone groups is 1. The average Bonchev–Trinajstić information content (AvgIpc) is 2.94. The molecule has 0 saturated heterocycles. The van der Waals surface area contributed by atoms with Crippen LogP contribution in [0, 0.1) is 0 Å². The number of alkyl halides is 6. The van der Waals surface area contributed by atoms with Crippen molar-refractivity contribution in [3.05, 3.63) is 39.4 Å². The van der Waals surface area contributed by atoms with Gasteiger partial charge in [0.15, 0.2) is 14.6 Å². The number of carbonyl (C=O) groups excluding carboxylic acids is 1. The molecular formula is C14H11F6N3O3S2. The molecule has 1 amide bonds. The summed E-state index contributed by atoms with van der Waals surface area (Å²) in [5.41, 5.74) is -3.40. The third-order valence-electron chi connectivity index (χ3n) is 3.51. The van der Waals surface area contributed by atoms with Gasteiger partial charge < -0.3 is 4.57 Å². The maximum atomic E-state index is 12.9. The number of rotatable bonds is 3. The molecule has 0 aliphatic heterocycles. The highest BCUT2D eigenvalue weighted by atomic mass is 32.2. The van der Waals surface area contributed by atoms with E-state index in [9.17, 15) is 39.6 Å². The normalized spacial score (nSPS) is 13.8. The molecule has 2 rings (SSSR count). The standard InChI is InChI=1S/C14H11F6N3O3S2/c1-3-28(25,26)8-4-7(13(15,16)17)5-21-10(8)11(24)22-12-23(2)9(6-27-12)14(18,19)20/h4-6H,3H2,1-2H3/b22-12-. The average molecular weight is 447 g/mol. The first-order valence-corrected chi connectivity index (χ1v) is 9.82. The summed E-state index contributed by atoms with van der Waals surface area (Å²) >= 11 is 0.451. The monoisotopic (exact) mass is 447 g/mol. The summed E-state index contributed by atoms with van der Waals surface area (Å²) in [4.78, 5) is 17.6. The Morgan fingerprint density at radius 1 is 1.21 bits per heavy atom. The molecule has 28 heavy (non-hydrogen) atoms. The van der Waals surface area contributed by atoms with Gasteiger partial charge in [-0.3, -0.25) is 4.79 Å². The van der Waals surface area contributed by atoms with Gasteiger partial charge in [0, 0.05) is 18.6 Å². The van der Waals surface area contributed by atoms with Crippen LogP contribution in [0.4, 0.5) is 26.3 Å². The van der Waals surface area contributed by atoms with E-state index in [1.807, 2.05) is 0 Å².